The Labute approximate surface area is 124 Å². The first kappa shape index (κ1) is 13.8. The van der Waals surface area contributed by atoms with Crippen LogP contribution in [0.1, 0.15) is 11.8 Å². The third kappa shape index (κ3) is 2.43. The van der Waals surface area contributed by atoms with E-state index < -0.39 is 16.9 Å². The lowest BCUT2D eigenvalue weighted by molar-refractivity contribution is 0.0398. The van der Waals surface area contributed by atoms with Crippen LogP contribution in [-0.4, -0.2) is 14.7 Å². The molecule has 0 spiro atoms. The molecule has 1 atom stereocenters. The molecule has 21 heavy (non-hydrogen) atoms. The van der Waals surface area contributed by atoms with E-state index in [1.54, 1.807) is 37.3 Å². The maximum atomic E-state index is 12.4. The molecule has 0 aliphatic carbocycles. The number of aromatic nitrogens is 2. The molecule has 0 aliphatic heterocycles. The molecule has 2 N–H and O–H groups in total. The van der Waals surface area contributed by atoms with Crippen molar-refractivity contribution in [1.82, 2.24) is 9.55 Å². The van der Waals surface area contributed by atoms with Gasteiger partial charge in [-0.15, -0.1) is 11.3 Å². The zero-order chi connectivity index (χ0) is 15.0. The van der Waals surface area contributed by atoms with Crippen LogP contribution in [0.5, 0.6) is 0 Å². The Morgan fingerprint density at radius 3 is 2.71 bits per heavy atom. The van der Waals surface area contributed by atoms with E-state index >= 15 is 0 Å². The maximum absolute atomic E-state index is 12.4. The lowest BCUT2D eigenvalue weighted by Crippen LogP contribution is -2.41. The van der Waals surface area contributed by atoms with Crippen LogP contribution >= 0.6 is 11.3 Å². The second kappa shape index (κ2) is 4.98. The van der Waals surface area contributed by atoms with Gasteiger partial charge in [0.15, 0.2) is 0 Å². The molecule has 0 bridgehead atoms. The van der Waals surface area contributed by atoms with Crippen molar-refractivity contribution in [3.8, 4) is 0 Å². The third-order valence-corrected chi connectivity index (χ3v) is 4.53. The Bertz CT molecular complexity index is 891. The van der Waals surface area contributed by atoms with E-state index in [0.717, 1.165) is 4.57 Å². The fourth-order valence-electron chi connectivity index (χ4n) is 2.31. The van der Waals surface area contributed by atoms with Crippen molar-refractivity contribution in [2.45, 2.75) is 19.1 Å². The van der Waals surface area contributed by atoms with Crippen molar-refractivity contribution in [2.75, 3.05) is 0 Å². The Morgan fingerprint density at radius 2 is 2.00 bits per heavy atom. The molecule has 2 aromatic heterocycles. The van der Waals surface area contributed by atoms with Gasteiger partial charge in [-0.05, 0) is 30.5 Å². The van der Waals surface area contributed by atoms with E-state index in [1.165, 1.54) is 11.3 Å². The monoisotopic (exact) mass is 302 g/mol. The average Bonchev–Trinajstić information content (AvgIpc) is 2.98. The molecule has 0 aliphatic rings. The Morgan fingerprint density at radius 1 is 1.24 bits per heavy atom. The summed E-state index contributed by atoms with van der Waals surface area (Å²) in [5, 5.41) is 12.8. The van der Waals surface area contributed by atoms with Gasteiger partial charge in [0.05, 0.1) is 17.4 Å². The van der Waals surface area contributed by atoms with Crippen molar-refractivity contribution in [2.24, 2.45) is 0 Å². The topological polar surface area (TPSA) is 75.1 Å². The molecule has 0 radical (unpaired) electrons. The quantitative estimate of drug-likeness (QED) is 0.772. The van der Waals surface area contributed by atoms with E-state index in [0.29, 0.717) is 15.8 Å². The number of aliphatic hydroxyl groups is 1. The Hall–Kier alpha value is -2.18. The van der Waals surface area contributed by atoms with Gasteiger partial charge in [-0.25, -0.2) is 4.79 Å². The number of nitrogens with one attached hydrogen (secondary N) is 1. The normalized spacial score (nSPS) is 14.2. The standard InChI is InChI=1S/C15H14N2O3S/c1-15(20,12-7-4-8-21-12)9-17-13(18)10-5-2-3-6-11(10)16-14(17)19/h2-8,20H,9H2,1H3,(H,16,19)/t15-/m0/s1. The van der Waals surface area contributed by atoms with Crippen LogP contribution in [0.2, 0.25) is 0 Å². The number of thiophene rings is 1. The van der Waals surface area contributed by atoms with Gasteiger partial charge >= 0.3 is 5.69 Å². The van der Waals surface area contributed by atoms with Gasteiger partial charge in [-0.3, -0.25) is 9.36 Å². The largest absolute Gasteiger partial charge is 0.383 e. The zero-order valence-electron chi connectivity index (χ0n) is 11.4. The number of hydrogen-bond acceptors (Lipinski definition) is 4. The number of nitrogens with zero attached hydrogens (tertiary/aromatic N) is 1. The number of hydrogen-bond donors (Lipinski definition) is 2. The van der Waals surface area contributed by atoms with E-state index in [1.807, 2.05) is 11.4 Å². The van der Waals surface area contributed by atoms with E-state index in [9.17, 15) is 14.7 Å². The van der Waals surface area contributed by atoms with E-state index in [-0.39, 0.29) is 6.54 Å². The summed E-state index contributed by atoms with van der Waals surface area (Å²) in [6.07, 6.45) is 0. The summed E-state index contributed by atoms with van der Waals surface area (Å²) in [5.41, 5.74) is -1.69. The van der Waals surface area contributed by atoms with Gasteiger partial charge in [-0.2, -0.15) is 0 Å². The van der Waals surface area contributed by atoms with E-state index in [4.69, 9.17) is 0 Å². The van der Waals surface area contributed by atoms with E-state index in [2.05, 4.69) is 4.98 Å². The molecule has 108 valence electrons. The molecule has 5 nitrogen and oxygen atoms in total. The van der Waals surface area contributed by atoms with Gasteiger partial charge < -0.3 is 10.1 Å². The third-order valence-electron chi connectivity index (χ3n) is 3.41. The summed E-state index contributed by atoms with van der Waals surface area (Å²) in [5.74, 6) is 0. The molecular weight excluding hydrogens is 288 g/mol. The first-order chi connectivity index (χ1) is 9.99. The molecular formula is C15H14N2O3S. The van der Waals surface area contributed by atoms with Crippen LogP contribution in [-0.2, 0) is 12.1 Å². The van der Waals surface area contributed by atoms with Crippen LogP contribution in [0.3, 0.4) is 0 Å². The number of H-pyrrole nitrogens is 1. The number of fused-ring (bicyclic) bond motifs is 1. The van der Waals surface area contributed by atoms with Crippen molar-refractivity contribution >= 4 is 22.2 Å². The van der Waals surface area contributed by atoms with Gasteiger partial charge in [0.25, 0.3) is 5.56 Å². The minimum absolute atomic E-state index is 0.0908. The second-order valence-corrected chi connectivity index (χ2v) is 6.07. The maximum Gasteiger partial charge on any atom is 0.328 e. The molecule has 2 heterocycles. The van der Waals surface area contributed by atoms with Crippen LogP contribution in [0.4, 0.5) is 0 Å². The highest BCUT2D eigenvalue weighted by atomic mass is 32.1. The van der Waals surface area contributed by atoms with Gasteiger partial charge in [0, 0.05) is 4.88 Å². The molecule has 0 saturated carbocycles. The minimum atomic E-state index is -1.27. The summed E-state index contributed by atoms with van der Waals surface area (Å²) < 4.78 is 1.04. The van der Waals surface area contributed by atoms with Crippen molar-refractivity contribution < 1.29 is 5.11 Å². The van der Waals surface area contributed by atoms with Crippen LogP contribution in [0, 0.1) is 0 Å². The highest BCUT2D eigenvalue weighted by molar-refractivity contribution is 7.10. The van der Waals surface area contributed by atoms with Gasteiger partial charge in [0.2, 0.25) is 0 Å². The predicted octanol–water partition coefficient (Wildman–Crippen LogP) is 1.66. The highest BCUT2D eigenvalue weighted by Crippen LogP contribution is 2.26. The number of para-hydroxylation sites is 1. The lowest BCUT2D eigenvalue weighted by atomic mass is 10.1. The second-order valence-electron chi connectivity index (χ2n) is 5.12. The zero-order valence-corrected chi connectivity index (χ0v) is 12.2. The fourth-order valence-corrected chi connectivity index (χ4v) is 3.09. The van der Waals surface area contributed by atoms with Crippen molar-refractivity contribution in [1.29, 1.82) is 0 Å². The number of rotatable bonds is 3. The Balaban J connectivity index is 2.14. The summed E-state index contributed by atoms with van der Waals surface area (Å²) >= 11 is 1.39. The smallest absolute Gasteiger partial charge is 0.328 e. The predicted molar refractivity (Wildman–Crippen MR) is 82.7 cm³/mol. The molecule has 1 aromatic carbocycles. The van der Waals surface area contributed by atoms with Crippen molar-refractivity contribution in [3.63, 3.8) is 0 Å². The summed E-state index contributed by atoms with van der Waals surface area (Å²) in [4.78, 5) is 27.9. The van der Waals surface area contributed by atoms with Crippen LogP contribution < -0.4 is 11.2 Å². The molecule has 0 saturated heterocycles. The molecule has 0 unspecified atom stereocenters. The molecule has 0 fully saturated rings. The molecule has 0 amide bonds. The SMILES string of the molecule is C[C@](O)(Cn1c(=O)[nH]c2ccccc2c1=O)c1cccs1. The van der Waals surface area contributed by atoms with Crippen LogP contribution in [0.15, 0.2) is 51.4 Å². The summed E-state index contributed by atoms with van der Waals surface area (Å²) in [7, 11) is 0. The fraction of sp³-hybridized carbons (Fsp3) is 0.200. The minimum Gasteiger partial charge on any atom is -0.383 e. The first-order valence-electron chi connectivity index (χ1n) is 6.47. The highest BCUT2D eigenvalue weighted by Gasteiger charge is 2.26. The molecule has 3 rings (SSSR count). The molecule has 3 aromatic rings. The Kier molecular flexibility index (Phi) is 3.27. The van der Waals surface area contributed by atoms with Crippen molar-refractivity contribution in [3.05, 3.63) is 67.5 Å². The average molecular weight is 302 g/mol. The van der Waals surface area contributed by atoms with Crippen LogP contribution in [0.25, 0.3) is 10.9 Å². The lowest BCUT2D eigenvalue weighted by Gasteiger charge is -2.22. The number of benzene rings is 1. The summed E-state index contributed by atoms with van der Waals surface area (Å²) in [6, 6.07) is 10.4. The molecule has 6 heteroatoms. The van der Waals surface area contributed by atoms with Gasteiger partial charge in [-0.1, -0.05) is 18.2 Å². The van der Waals surface area contributed by atoms with Gasteiger partial charge in [0.1, 0.15) is 5.60 Å². The first-order valence-corrected chi connectivity index (χ1v) is 7.35. The number of aromatic amines is 1. The summed E-state index contributed by atoms with van der Waals surface area (Å²) in [6.45, 7) is 1.51.